The van der Waals surface area contributed by atoms with Gasteiger partial charge in [0.2, 0.25) is 0 Å². The highest BCUT2D eigenvalue weighted by molar-refractivity contribution is 6.27. The molecule has 0 aliphatic heterocycles. The van der Waals surface area contributed by atoms with Crippen LogP contribution < -0.4 is 10.6 Å². The fraction of sp³-hybridized carbons (Fsp3) is 0. The van der Waals surface area contributed by atoms with Gasteiger partial charge in [0.05, 0.1) is 0 Å². The molecule has 10 rings (SSSR count). The third-order valence-electron chi connectivity index (χ3n) is 10.1. The van der Waals surface area contributed by atoms with E-state index in [2.05, 4.69) is 180 Å². The van der Waals surface area contributed by atoms with Gasteiger partial charge in [-0.15, -0.1) is 0 Å². The van der Waals surface area contributed by atoms with Gasteiger partial charge in [0.25, 0.3) is 0 Å². The lowest BCUT2D eigenvalue weighted by atomic mass is 9.87. The highest BCUT2D eigenvalue weighted by Crippen LogP contribution is 2.43. The van der Waals surface area contributed by atoms with Crippen LogP contribution >= 0.6 is 0 Å². The van der Waals surface area contributed by atoms with Crippen molar-refractivity contribution < 1.29 is 0 Å². The summed E-state index contributed by atoms with van der Waals surface area (Å²) in [5.74, 6) is 0. The molecule has 0 amide bonds. The fourth-order valence-electron chi connectivity index (χ4n) is 7.66. The molecule has 2 nitrogen and oxygen atoms in total. The van der Waals surface area contributed by atoms with Gasteiger partial charge in [-0.25, -0.2) is 0 Å². The van der Waals surface area contributed by atoms with E-state index in [4.69, 9.17) is 0 Å². The molecule has 0 unspecified atom stereocenters. The van der Waals surface area contributed by atoms with Crippen LogP contribution in [0.1, 0.15) is 0 Å². The first-order valence-electron chi connectivity index (χ1n) is 17.2. The third kappa shape index (κ3) is 4.89. The van der Waals surface area contributed by atoms with E-state index < -0.39 is 0 Å². The Bertz CT molecular complexity index is 2660. The Balaban J connectivity index is 1.04. The molecule has 0 saturated heterocycles. The Labute approximate surface area is 290 Å². The molecular weight excluding hydrogens is 605 g/mol. The van der Waals surface area contributed by atoms with Gasteiger partial charge in [-0.2, -0.15) is 0 Å². The van der Waals surface area contributed by atoms with Crippen LogP contribution in [0.5, 0.6) is 0 Å². The normalized spacial score (nSPS) is 11.6. The van der Waals surface area contributed by atoms with Crippen LogP contribution in [0.3, 0.4) is 0 Å². The molecule has 0 fully saturated rings. The molecule has 50 heavy (non-hydrogen) atoms. The maximum absolute atomic E-state index is 3.53. The van der Waals surface area contributed by atoms with Crippen LogP contribution in [0.4, 0.5) is 22.7 Å². The zero-order valence-electron chi connectivity index (χ0n) is 27.3. The monoisotopic (exact) mass is 636 g/mol. The highest BCUT2D eigenvalue weighted by atomic mass is 14.9. The van der Waals surface area contributed by atoms with Gasteiger partial charge in [0, 0.05) is 22.7 Å². The summed E-state index contributed by atoms with van der Waals surface area (Å²) >= 11 is 0. The second-order valence-corrected chi connectivity index (χ2v) is 13.2. The van der Waals surface area contributed by atoms with Crippen LogP contribution in [-0.2, 0) is 0 Å². The van der Waals surface area contributed by atoms with Crippen molar-refractivity contribution in [3.05, 3.63) is 182 Å². The fourth-order valence-corrected chi connectivity index (χ4v) is 7.66. The zero-order chi connectivity index (χ0) is 33.0. The number of benzene rings is 10. The Morgan fingerprint density at radius 1 is 0.260 bits per heavy atom. The Hall–Kier alpha value is -6.64. The first-order valence-corrected chi connectivity index (χ1v) is 17.2. The number of nitrogens with one attached hydrogen (secondary N) is 2. The van der Waals surface area contributed by atoms with Crippen molar-refractivity contribution in [2.24, 2.45) is 0 Å². The predicted molar refractivity (Wildman–Crippen MR) is 215 cm³/mol. The van der Waals surface area contributed by atoms with Crippen LogP contribution in [0.2, 0.25) is 0 Å². The van der Waals surface area contributed by atoms with E-state index in [1.54, 1.807) is 0 Å². The Morgan fingerprint density at radius 3 is 1.10 bits per heavy atom. The number of anilines is 4. The molecule has 0 atom stereocenters. The molecule has 0 heterocycles. The summed E-state index contributed by atoms with van der Waals surface area (Å²) in [6.45, 7) is 0. The van der Waals surface area contributed by atoms with Crippen LogP contribution in [0.15, 0.2) is 182 Å². The summed E-state index contributed by atoms with van der Waals surface area (Å²) < 4.78 is 0. The van der Waals surface area contributed by atoms with E-state index in [1.165, 1.54) is 76.1 Å². The SMILES string of the molecule is c1ccc(Nc2ccc3cc(-c4ccc5ccc6c(-c7ccc8cc(Nc9ccccc9)ccc8c7)ccc7ccc4c5c76)ccc3c2)cc1. The molecule has 0 aliphatic rings. The summed E-state index contributed by atoms with van der Waals surface area (Å²) in [5.41, 5.74) is 9.34. The lowest BCUT2D eigenvalue weighted by molar-refractivity contribution is 1.57. The molecule has 234 valence electrons. The molecule has 2 heteroatoms. The van der Waals surface area contributed by atoms with Crippen molar-refractivity contribution in [1.29, 1.82) is 0 Å². The minimum absolute atomic E-state index is 1.09. The summed E-state index contributed by atoms with van der Waals surface area (Å²) in [6, 6.07) is 65.9. The number of rotatable bonds is 6. The molecule has 0 bridgehead atoms. The minimum atomic E-state index is 1.09. The van der Waals surface area contributed by atoms with E-state index in [0.29, 0.717) is 0 Å². The van der Waals surface area contributed by atoms with Gasteiger partial charge < -0.3 is 10.6 Å². The van der Waals surface area contributed by atoms with Crippen molar-refractivity contribution >= 4 is 76.6 Å². The van der Waals surface area contributed by atoms with Gasteiger partial charge >= 0.3 is 0 Å². The molecular formula is C48H32N2. The largest absolute Gasteiger partial charge is 0.356 e. The quantitative estimate of drug-likeness (QED) is 0.178. The second-order valence-electron chi connectivity index (χ2n) is 13.2. The highest BCUT2D eigenvalue weighted by Gasteiger charge is 2.15. The standard InChI is InChI=1S/C48H32N2/c1-3-7-39(8-4-1)49-41-21-15-33-27-37(13-11-35(33)29-41)43-23-17-31-20-26-46-44(24-18-32-19-25-45(43)47(31)48(32)46)38-14-12-36-30-42(22-16-34(36)28-38)50-40-9-5-2-6-10-40/h1-30,49-50H. The predicted octanol–water partition coefficient (Wildman–Crippen LogP) is 13.7. The van der Waals surface area contributed by atoms with Gasteiger partial charge in [-0.05, 0) is 137 Å². The summed E-state index contributed by atoms with van der Waals surface area (Å²) in [4.78, 5) is 0. The molecule has 2 N–H and O–H groups in total. The maximum Gasteiger partial charge on any atom is 0.0390 e. The molecule has 0 aromatic heterocycles. The number of fused-ring (bicyclic) bond motifs is 2. The minimum Gasteiger partial charge on any atom is -0.356 e. The van der Waals surface area contributed by atoms with Gasteiger partial charge in [-0.1, -0.05) is 121 Å². The zero-order valence-corrected chi connectivity index (χ0v) is 27.3. The maximum atomic E-state index is 3.53. The van der Waals surface area contributed by atoms with E-state index in [1.807, 2.05) is 12.1 Å². The first-order chi connectivity index (χ1) is 24.7. The summed E-state index contributed by atoms with van der Waals surface area (Å²) in [6.07, 6.45) is 0. The van der Waals surface area contributed by atoms with E-state index in [-0.39, 0.29) is 0 Å². The van der Waals surface area contributed by atoms with Crippen molar-refractivity contribution in [3.63, 3.8) is 0 Å². The van der Waals surface area contributed by atoms with Crippen LogP contribution in [0, 0.1) is 0 Å². The third-order valence-corrected chi connectivity index (χ3v) is 10.1. The number of hydrogen-bond donors (Lipinski definition) is 2. The topological polar surface area (TPSA) is 24.1 Å². The van der Waals surface area contributed by atoms with Gasteiger partial charge in [0.15, 0.2) is 0 Å². The van der Waals surface area contributed by atoms with Gasteiger partial charge in [0.1, 0.15) is 0 Å². The number of hydrogen-bond acceptors (Lipinski definition) is 2. The lowest BCUT2D eigenvalue weighted by Gasteiger charge is -2.17. The molecule has 0 aliphatic carbocycles. The number of para-hydroxylation sites is 2. The smallest absolute Gasteiger partial charge is 0.0390 e. The van der Waals surface area contributed by atoms with Crippen LogP contribution in [0.25, 0.3) is 76.1 Å². The molecule has 10 aromatic carbocycles. The average Bonchev–Trinajstić information content (AvgIpc) is 3.17. The Morgan fingerprint density at radius 2 is 0.640 bits per heavy atom. The van der Waals surface area contributed by atoms with Crippen molar-refractivity contribution in [1.82, 2.24) is 0 Å². The van der Waals surface area contributed by atoms with Crippen LogP contribution in [-0.4, -0.2) is 0 Å². The molecule has 0 radical (unpaired) electrons. The van der Waals surface area contributed by atoms with E-state index in [0.717, 1.165) is 22.7 Å². The van der Waals surface area contributed by atoms with Crippen molar-refractivity contribution in [3.8, 4) is 22.3 Å². The van der Waals surface area contributed by atoms with Crippen molar-refractivity contribution in [2.45, 2.75) is 0 Å². The van der Waals surface area contributed by atoms with E-state index in [9.17, 15) is 0 Å². The van der Waals surface area contributed by atoms with E-state index >= 15 is 0 Å². The summed E-state index contributed by atoms with van der Waals surface area (Å²) in [5, 5.41) is 19.7. The first kappa shape index (κ1) is 28.4. The molecule has 10 aromatic rings. The molecule has 0 spiro atoms. The lowest BCUT2D eigenvalue weighted by Crippen LogP contribution is -1.91. The summed E-state index contributed by atoms with van der Waals surface area (Å²) in [7, 11) is 0. The Kier molecular flexibility index (Phi) is 6.53. The van der Waals surface area contributed by atoms with Gasteiger partial charge in [-0.3, -0.25) is 0 Å². The van der Waals surface area contributed by atoms with Crippen molar-refractivity contribution in [2.75, 3.05) is 10.6 Å². The average molecular weight is 637 g/mol. The molecule has 0 saturated carbocycles. The second kappa shape index (κ2) is 11.5.